The molecule has 1 aliphatic carbocycles. The third-order valence-electron chi connectivity index (χ3n) is 6.02. The average Bonchev–Trinajstić information content (AvgIpc) is 3.09. The summed E-state index contributed by atoms with van der Waals surface area (Å²) in [7, 11) is 0. The molecule has 0 amide bonds. The lowest BCUT2D eigenvalue weighted by atomic mass is 9.83. The highest BCUT2D eigenvalue weighted by molar-refractivity contribution is 5.32. The third-order valence-corrected chi connectivity index (χ3v) is 6.02. The van der Waals surface area contributed by atoms with Gasteiger partial charge in [0.05, 0.1) is 0 Å². The van der Waals surface area contributed by atoms with Crippen molar-refractivity contribution in [3.8, 4) is 0 Å². The monoisotopic (exact) mass is 284 g/mol. The van der Waals surface area contributed by atoms with E-state index in [9.17, 15) is 0 Å². The molecule has 1 N–H and O–H groups in total. The first kappa shape index (κ1) is 13.8. The molecule has 21 heavy (non-hydrogen) atoms. The predicted octanol–water partition coefficient (Wildman–Crippen LogP) is 3.53. The fraction of sp³-hybridized carbons (Fsp3) is 0.684. The van der Waals surface area contributed by atoms with E-state index >= 15 is 0 Å². The van der Waals surface area contributed by atoms with Crippen molar-refractivity contribution in [3.05, 3.63) is 35.4 Å². The molecule has 1 aromatic carbocycles. The van der Waals surface area contributed by atoms with Gasteiger partial charge < -0.3 is 5.32 Å². The zero-order chi connectivity index (χ0) is 14.1. The average molecular weight is 284 g/mol. The van der Waals surface area contributed by atoms with E-state index in [1.54, 1.807) is 11.1 Å². The first-order valence-electron chi connectivity index (χ1n) is 8.97. The van der Waals surface area contributed by atoms with Crippen LogP contribution >= 0.6 is 0 Å². The number of piperidine rings is 1. The first-order chi connectivity index (χ1) is 10.4. The quantitative estimate of drug-likeness (QED) is 0.894. The fourth-order valence-electron chi connectivity index (χ4n) is 4.85. The maximum absolute atomic E-state index is 3.72. The predicted molar refractivity (Wildman–Crippen MR) is 87.4 cm³/mol. The van der Waals surface area contributed by atoms with Crippen LogP contribution < -0.4 is 5.32 Å². The first-order valence-corrected chi connectivity index (χ1v) is 8.97. The van der Waals surface area contributed by atoms with E-state index in [1.165, 1.54) is 64.6 Å². The molecular formula is C19H28N2. The summed E-state index contributed by atoms with van der Waals surface area (Å²) in [6, 6.07) is 10.7. The van der Waals surface area contributed by atoms with Gasteiger partial charge >= 0.3 is 0 Å². The van der Waals surface area contributed by atoms with E-state index in [-0.39, 0.29) is 0 Å². The summed E-state index contributed by atoms with van der Waals surface area (Å²) >= 11 is 0. The Morgan fingerprint density at radius 3 is 2.62 bits per heavy atom. The molecule has 2 saturated heterocycles. The summed E-state index contributed by atoms with van der Waals surface area (Å²) in [6.07, 6.45) is 9.62. The molecule has 0 bridgehead atoms. The zero-order valence-corrected chi connectivity index (χ0v) is 13.1. The normalized spacial score (nSPS) is 31.2. The Hall–Kier alpha value is -0.860. The van der Waals surface area contributed by atoms with Crippen LogP contribution in [0.1, 0.15) is 55.7 Å². The number of rotatable bonds is 2. The molecule has 4 rings (SSSR count). The highest BCUT2D eigenvalue weighted by atomic mass is 15.2. The molecular weight excluding hydrogens is 256 g/mol. The molecule has 0 spiro atoms. The SMILES string of the molecule is c1ccc2c(c1)CCCC2N1CCC(C2CCCN2)CC1. The zero-order valence-electron chi connectivity index (χ0n) is 13.1. The van der Waals surface area contributed by atoms with Crippen LogP contribution in [0.5, 0.6) is 0 Å². The highest BCUT2D eigenvalue weighted by Gasteiger charge is 2.32. The Labute approximate surface area is 128 Å². The topological polar surface area (TPSA) is 15.3 Å². The van der Waals surface area contributed by atoms with Gasteiger partial charge in [-0.1, -0.05) is 24.3 Å². The van der Waals surface area contributed by atoms with E-state index < -0.39 is 0 Å². The van der Waals surface area contributed by atoms with Crippen molar-refractivity contribution in [1.29, 1.82) is 0 Å². The number of hydrogen-bond acceptors (Lipinski definition) is 2. The Balaban J connectivity index is 1.42. The summed E-state index contributed by atoms with van der Waals surface area (Å²) in [5, 5.41) is 3.72. The Kier molecular flexibility index (Phi) is 4.00. The number of nitrogens with one attached hydrogen (secondary N) is 1. The molecule has 2 heteroatoms. The molecule has 2 fully saturated rings. The minimum Gasteiger partial charge on any atom is -0.314 e. The van der Waals surface area contributed by atoms with Gasteiger partial charge in [0.25, 0.3) is 0 Å². The largest absolute Gasteiger partial charge is 0.314 e. The number of nitrogens with zero attached hydrogens (tertiary/aromatic N) is 1. The molecule has 0 saturated carbocycles. The lowest BCUT2D eigenvalue weighted by Crippen LogP contribution is -2.42. The Morgan fingerprint density at radius 1 is 0.952 bits per heavy atom. The van der Waals surface area contributed by atoms with Crippen LogP contribution in [-0.2, 0) is 6.42 Å². The number of hydrogen-bond donors (Lipinski definition) is 1. The summed E-state index contributed by atoms with van der Waals surface area (Å²) in [4.78, 5) is 2.78. The van der Waals surface area contributed by atoms with Crippen molar-refractivity contribution >= 4 is 0 Å². The standard InChI is InChI=1S/C19H28N2/c1-2-7-17-15(5-1)6-3-9-19(17)21-13-10-16(11-14-21)18-8-4-12-20-18/h1-2,5,7,16,18-20H,3-4,6,8-14H2. The van der Waals surface area contributed by atoms with Crippen molar-refractivity contribution in [2.24, 2.45) is 5.92 Å². The van der Waals surface area contributed by atoms with Crippen molar-refractivity contribution < 1.29 is 0 Å². The lowest BCUT2D eigenvalue weighted by molar-refractivity contribution is 0.109. The second kappa shape index (κ2) is 6.10. The summed E-state index contributed by atoms with van der Waals surface area (Å²) in [5.41, 5.74) is 3.23. The van der Waals surface area contributed by atoms with Crippen molar-refractivity contribution in [3.63, 3.8) is 0 Å². The summed E-state index contributed by atoms with van der Waals surface area (Å²) in [6.45, 7) is 3.87. The molecule has 1 aromatic rings. The molecule has 114 valence electrons. The van der Waals surface area contributed by atoms with Crippen molar-refractivity contribution in [1.82, 2.24) is 10.2 Å². The van der Waals surface area contributed by atoms with Crippen LogP contribution in [0.15, 0.2) is 24.3 Å². The summed E-state index contributed by atoms with van der Waals surface area (Å²) < 4.78 is 0. The van der Waals surface area contributed by atoms with E-state index in [1.807, 2.05) is 0 Å². The summed E-state index contributed by atoms with van der Waals surface area (Å²) in [5.74, 6) is 0.933. The van der Waals surface area contributed by atoms with Crippen LogP contribution in [0.2, 0.25) is 0 Å². The maximum atomic E-state index is 3.72. The van der Waals surface area contributed by atoms with E-state index in [0.717, 1.165) is 12.0 Å². The Morgan fingerprint density at radius 2 is 1.81 bits per heavy atom. The molecule has 0 radical (unpaired) electrons. The lowest BCUT2D eigenvalue weighted by Gasteiger charge is -2.41. The maximum Gasteiger partial charge on any atom is 0.0350 e. The van der Waals surface area contributed by atoms with Crippen LogP contribution in [0, 0.1) is 5.92 Å². The van der Waals surface area contributed by atoms with Crippen LogP contribution in [0.3, 0.4) is 0 Å². The number of aryl methyl sites for hydroxylation is 1. The minimum absolute atomic E-state index is 0.701. The van der Waals surface area contributed by atoms with Gasteiger partial charge in [-0.05, 0) is 81.6 Å². The molecule has 2 atom stereocenters. The fourth-order valence-corrected chi connectivity index (χ4v) is 4.85. The van der Waals surface area contributed by atoms with Gasteiger partial charge in [0, 0.05) is 12.1 Å². The van der Waals surface area contributed by atoms with Gasteiger partial charge in [-0.3, -0.25) is 4.90 Å². The minimum atomic E-state index is 0.701. The van der Waals surface area contributed by atoms with Gasteiger partial charge in [-0.15, -0.1) is 0 Å². The number of likely N-dealkylation sites (tertiary alicyclic amines) is 1. The molecule has 2 unspecified atom stereocenters. The second-order valence-corrected chi connectivity index (χ2v) is 7.18. The van der Waals surface area contributed by atoms with E-state index in [4.69, 9.17) is 0 Å². The van der Waals surface area contributed by atoms with E-state index in [2.05, 4.69) is 34.5 Å². The van der Waals surface area contributed by atoms with Gasteiger partial charge in [-0.2, -0.15) is 0 Å². The van der Waals surface area contributed by atoms with Crippen LogP contribution in [0.25, 0.3) is 0 Å². The van der Waals surface area contributed by atoms with Crippen LogP contribution in [0.4, 0.5) is 0 Å². The van der Waals surface area contributed by atoms with E-state index in [0.29, 0.717) is 6.04 Å². The second-order valence-electron chi connectivity index (χ2n) is 7.18. The van der Waals surface area contributed by atoms with Gasteiger partial charge in [0.15, 0.2) is 0 Å². The van der Waals surface area contributed by atoms with Gasteiger partial charge in [0.1, 0.15) is 0 Å². The molecule has 0 aromatic heterocycles. The van der Waals surface area contributed by atoms with Crippen LogP contribution in [-0.4, -0.2) is 30.6 Å². The molecule has 2 nitrogen and oxygen atoms in total. The number of fused-ring (bicyclic) bond motifs is 1. The Bertz CT molecular complexity index is 470. The smallest absolute Gasteiger partial charge is 0.0350 e. The highest BCUT2D eigenvalue weighted by Crippen LogP contribution is 2.37. The number of benzene rings is 1. The van der Waals surface area contributed by atoms with Crippen molar-refractivity contribution in [2.45, 2.75) is 57.0 Å². The van der Waals surface area contributed by atoms with Gasteiger partial charge in [0.2, 0.25) is 0 Å². The molecule has 2 heterocycles. The molecule has 2 aliphatic heterocycles. The third kappa shape index (κ3) is 2.76. The van der Waals surface area contributed by atoms with Crippen molar-refractivity contribution in [2.75, 3.05) is 19.6 Å². The van der Waals surface area contributed by atoms with Gasteiger partial charge in [-0.25, -0.2) is 0 Å². The molecule has 3 aliphatic rings.